The van der Waals surface area contributed by atoms with Gasteiger partial charge in [0.25, 0.3) is 0 Å². The minimum absolute atomic E-state index is 0.0587. The zero-order chi connectivity index (χ0) is 22.8. The van der Waals surface area contributed by atoms with Crippen molar-refractivity contribution in [3.05, 3.63) is 95.6 Å². The van der Waals surface area contributed by atoms with Gasteiger partial charge in [-0.15, -0.1) is 0 Å². The van der Waals surface area contributed by atoms with Crippen molar-refractivity contribution in [3.8, 4) is 22.3 Å². The van der Waals surface area contributed by atoms with Gasteiger partial charge in [0.2, 0.25) is 0 Å². The Bertz CT molecular complexity index is 1140. The van der Waals surface area contributed by atoms with Crippen LogP contribution in [-0.4, -0.2) is 27.4 Å². The predicted molar refractivity (Wildman–Crippen MR) is 115 cm³/mol. The van der Waals surface area contributed by atoms with E-state index in [1.165, 1.54) is 54.6 Å². The van der Waals surface area contributed by atoms with Gasteiger partial charge in [-0.25, -0.2) is 17.6 Å². The maximum absolute atomic E-state index is 14.9. The van der Waals surface area contributed by atoms with Gasteiger partial charge in [0.05, 0.1) is 21.1 Å². The van der Waals surface area contributed by atoms with Crippen LogP contribution in [0.25, 0.3) is 22.3 Å². The van der Waals surface area contributed by atoms with Crippen LogP contribution in [-0.2, 0) is 15.8 Å². The van der Waals surface area contributed by atoms with Gasteiger partial charge in [-0.05, 0) is 28.3 Å². The van der Waals surface area contributed by atoms with E-state index in [9.17, 15) is 17.6 Å². The highest BCUT2D eigenvalue weighted by Gasteiger charge is 2.26. The summed E-state index contributed by atoms with van der Waals surface area (Å²) in [6, 6.07) is 12.0. The first-order valence-corrected chi connectivity index (χ1v) is 10.1. The Balaban J connectivity index is 1.60. The summed E-state index contributed by atoms with van der Waals surface area (Å²) in [5.74, 6) is -4.39. The molecule has 1 aliphatic rings. The SMILES string of the molecule is [B]Cc1ccc(-c2ccc(-c3ccc(C4COC(C=C)OC4)c(F)c3F)cc2)c(F)c1F. The molecule has 0 saturated carbocycles. The quantitative estimate of drug-likeness (QED) is 0.281. The molecule has 0 aromatic heterocycles. The van der Waals surface area contributed by atoms with Crippen LogP contribution in [0.15, 0.2) is 61.2 Å². The van der Waals surface area contributed by atoms with E-state index in [-0.39, 0.29) is 41.8 Å². The fourth-order valence-corrected chi connectivity index (χ4v) is 3.74. The Labute approximate surface area is 184 Å². The van der Waals surface area contributed by atoms with Gasteiger partial charge in [-0.1, -0.05) is 61.4 Å². The average Bonchev–Trinajstić information content (AvgIpc) is 2.83. The standard InChI is InChI=1S/C25H19BF4O2/c1-2-21-31-12-17(13-32-21)20-10-9-19(24(29)25(20)30)15-5-3-14(4-6-15)18-8-7-16(11-26)22(27)23(18)28/h2-10,17,21H,1,11-13H2. The topological polar surface area (TPSA) is 18.5 Å². The highest BCUT2D eigenvalue weighted by atomic mass is 19.2. The number of ether oxygens (including phenoxy) is 2. The van der Waals surface area contributed by atoms with Crippen LogP contribution in [0.5, 0.6) is 0 Å². The molecule has 1 saturated heterocycles. The second-order valence-electron chi connectivity index (χ2n) is 7.48. The summed E-state index contributed by atoms with van der Waals surface area (Å²) in [7, 11) is 5.40. The third kappa shape index (κ3) is 4.10. The first-order valence-electron chi connectivity index (χ1n) is 10.1. The van der Waals surface area contributed by atoms with E-state index in [1.807, 2.05) is 0 Å². The Morgan fingerprint density at radius 2 is 1.31 bits per heavy atom. The van der Waals surface area contributed by atoms with Crippen LogP contribution in [0.2, 0.25) is 0 Å². The molecule has 32 heavy (non-hydrogen) atoms. The number of halogens is 4. The summed E-state index contributed by atoms with van der Waals surface area (Å²) >= 11 is 0. The highest BCUT2D eigenvalue weighted by molar-refractivity contribution is 6.08. The van der Waals surface area contributed by atoms with Crippen molar-refractivity contribution in [3.63, 3.8) is 0 Å². The molecule has 0 bridgehead atoms. The lowest BCUT2D eigenvalue weighted by molar-refractivity contribution is -0.159. The van der Waals surface area contributed by atoms with E-state index in [0.717, 1.165) is 0 Å². The van der Waals surface area contributed by atoms with Gasteiger partial charge in [0.1, 0.15) is 0 Å². The molecule has 3 aromatic carbocycles. The molecule has 0 aliphatic carbocycles. The van der Waals surface area contributed by atoms with Gasteiger partial charge in [0, 0.05) is 17.0 Å². The zero-order valence-corrected chi connectivity index (χ0v) is 17.1. The smallest absolute Gasteiger partial charge is 0.176 e. The molecule has 2 radical (unpaired) electrons. The highest BCUT2D eigenvalue weighted by Crippen LogP contribution is 2.33. The van der Waals surface area contributed by atoms with Crippen LogP contribution in [0.4, 0.5) is 17.6 Å². The van der Waals surface area contributed by atoms with E-state index >= 15 is 0 Å². The fraction of sp³-hybridized carbons (Fsp3) is 0.200. The first-order chi connectivity index (χ1) is 15.4. The maximum atomic E-state index is 14.9. The summed E-state index contributed by atoms with van der Waals surface area (Å²) < 4.78 is 68.9. The molecule has 3 aromatic rings. The second-order valence-corrected chi connectivity index (χ2v) is 7.48. The van der Waals surface area contributed by atoms with Crippen molar-refractivity contribution in [1.82, 2.24) is 0 Å². The van der Waals surface area contributed by atoms with Crippen LogP contribution in [0, 0.1) is 23.3 Å². The van der Waals surface area contributed by atoms with Crippen LogP contribution in [0.3, 0.4) is 0 Å². The largest absolute Gasteiger partial charge is 0.348 e. The lowest BCUT2D eigenvalue weighted by Crippen LogP contribution is -2.30. The molecule has 0 unspecified atom stereocenters. The third-order valence-corrected chi connectivity index (χ3v) is 5.56. The molecule has 2 nitrogen and oxygen atoms in total. The monoisotopic (exact) mass is 438 g/mol. The molecule has 0 atom stereocenters. The van der Waals surface area contributed by atoms with Crippen LogP contribution < -0.4 is 0 Å². The van der Waals surface area contributed by atoms with E-state index in [0.29, 0.717) is 11.1 Å². The van der Waals surface area contributed by atoms with Crippen molar-refractivity contribution in [2.24, 2.45) is 0 Å². The van der Waals surface area contributed by atoms with Gasteiger partial charge in [-0.2, -0.15) is 0 Å². The van der Waals surface area contributed by atoms with Gasteiger partial charge < -0.3 is 9.47 Å². The molecule has 0 amide bonds. The van der Waals surface area contributed by atoms with Crippen molar-refractivity contribution >= 4 is 7.85 Å². The van der Waals surface area contributed by atoms with Gasteiger partial charge in [-0.3, -0.25) is 0 Å². The summed E-state index contributed by atoms with van der Waals surface area (Å²) in [4.78, 5) is 0. The van der Waals surface area contributed by atoms with E-state index in [1.54, 1.807) is 0 Å². The third-order valence-electron chi connectivity index (χ3n) is 5.56. The summed E-state index contributed by atoms with van der Waals surface area (Å²) in [5.41, 5.74) is 1.17. The van der Waals surface area contributed by atoms with Crippen LogP contribution >= 0.6 is 0 Å². The van der Waals surface area contributed by atoms with Crippen molar-refractivity contribution in [2.45, 2.75) is 18.5 Å². The fourth-order valence-electron chi connectivity index (χ4n) is 3.74. The van der Waals surface area contributed by atoms with Gasteiger partial charge in [0.15, 0.2) is 29.6 Å². The Morgan fingerprint density at radius 3 is 1.84 bits per heavy atom. The maximum Gasteiger partial charge on any atom is 0.176 e. The molecule has 0 spiro atoms. The normalized spacial score (nSPS) is 18.5. The molecule has 4 rings (SSSR count). The Hall–Kier alpha value is -2.90. The molecule has 1 fully saturated rings. The van der Waals surface area contributed by atoms with Crippen molar-refractivity contribution in [2.75, 3.05) is 13.2 Å². The van der Waals surface area contributed by atoms with E-state index < -0.39 is 35.5 Å². The number of benzene rings is 3. The average molecular weight is 438 g/mol. The lowest BCUT2D eigenvalue weighted by Gasteiger charge is -2.28. The Kier molecular flexibility index (Phi) is 6.49. The lowest BCUT2D eigenvalue weighted by atomic mass is 9.92. The first kappa shape index (κ1) is 22.3. The van der Waals surface area contributed by atoms with Crippen molar-refractivity contribution < 1.29 is 27.0 Å². The molecule has 162 valence electrons. The molecule has 1 heterocycles. The number of hydrogen-bond donors (Lipinski definition) is 0. The van der Waals surface area contributed by atoms with Crippen molar-refractivity contribution in [1.29, 1.82) is 0 Å². The summed E-state index contributed by atoms with van der Waals surface area (Å²) in [6.45, 7) is 3.95. The molecule has 1 aliphatic heterocycles. The number of rotatable bonds is 5. The Morgan fingerprint density at radius 1 is 0.781 bits per heavy atom. The molecule has 7 heteroatoms. The number of hydrogen-bond acceptors (Lipinski definition) is 2. The van der Waals surface area contributed by atoms with Gasteiger partial charge >= 0.3 is 0 Å². The minimum Gasteiger partial charge on any atom is -0.348 e. The van der Waals surface area contributed by atoms with E-state index in [4.69, 9.17) is 17.3 Å². The predicted octanol–water partition coefficient (Wildman–Crippen LogP) is 5.89. The molecular formula is C25H19BF4O2. The molecule has 0 N–H and O–H groups in total. The second kappa shape index (κ2) is 9.31. The summed E-state index contributed by atoms with van der Waals surface area (Å²) in [5, 5.41) is 0. The zero-order valence-electron chi connectivity index (χ0n) is 17.1. The molecular weight excluding hydrogens is 419 g/mol. The van der Waals surface area contributed by atoms with E-state index in [2.05, 4.69) is 6.58 Å². The minimum atomic E-state index is -1.00. The van der Waals surface area contributed by atoms with Crippen LogP contribution in [0.1, 0.15) is 17.0 Å². The summed E-state index contributed by atoms with van der Waals surface area (Å²) in [6.07, 6.45) is 0.825.